The number of phenolic OH excluding ortho intramolecular Hbond substituents is 2. The summed E-state index contributed by atoms with van der Waals surface area (Å²) in [5, 5.41) is 19.2. The number of likely N-dealkylation sites (tertiary alicyclic amines) is 1. The third-order valence-electron chi connectivity index (χ3n) is 4.40. The predicted octanol–water partition coefficient (Wildman–Crippen LogP) is 2.80. The Morgan fingerprint density at radius 2 is 1.89 bits per heavy atom. The highest BCUT2D eigenvalue weighted by atomic mass is 79.9. The van der Waals surface area contributed by atoms with Crippen LogP contribution < -0.4 is 0 Å². The number of halogens is 1. The first kappa shape index (κ1) is 13.7. The molecule has 2 atom stereocenters. The number of rotatable bonds is 0. The SMILES string of the molecule is Br.CN1CCCC2c3cc(O)c(O)cc3CCC21. The fourth-order valence-corrected chi connectivity index (χ4v) is 3.51. The Kier molecular flexibility index (Phi) is 3.87. The van der Waals surface area contributed by atoms with E-state index in [0.29, 0.717) is 12.0 Å². The van der Waals surface area contributed by atoms with Crippen molar-refractivity contribution in [1.29, 1.82) is 0 Å². The van der Waals surface area contributed by atoms with E-state index in [4.69, 9.17) is 0 Å². The van der Waals surface area contributed by atoms with Crippen molar-refractivity contribution in [3.8, 4) is 11.5 Å². The van der Waals surface area contributed by atoms with Crippen LogP contribution in [0.1, 0.15) is 36.3 Å². The van der Waals surface area contributed by atoms with Crippen molar-refractivity contribution >= 4 is 17.0 Å². The van der Waals surface area contributed by atoms with Gasteiger partial charge in [-0.1, -0.05) is 0 Å². The zero-order valence-electron chi connectivity index (χ0n) is 10.6. The standard InChI is InChI=1S/C14H19NO2.BrH/c1-15-6-2-3-10-11-8-14(17)13(16)7-9(11)4-5-12(10)15;/h7-8,10,12,16-17H,2-6H2,1H3;1H. The molecular formula is C14H20BrNO2. The minimum absolute atomic E-state index is 0. The molecule has 0 saturated carbocycles. The minimum atomic E-state index is 0. The number of piperidine rings is 1. The van der Waals surface area contributed by atoms with E-state index in [-0.39, 0.29) is 28.5 Å². The van der Waals surface area contributed by atoms with E-state index in [1.165, 1.54) is 36.9 Å². The summed E-state index contributed by atoms with van der Waals surface area (Å²) in [4.78, 5) is 2.45. The molecule has 0 amide bonds. The Labute approximate surface area is 118 Å². The van der Waals surface area contributed by atoms with Gasteiger partial charge in [-0.15, -0.1) is 17.0 Å². The Bertz CT molecular complexity index is 450. The van der Waals surface area contributed by atoms with Crippen molar-refractivity contribution in [2.24, 2.45) is 0 Å². The van der Waals surface area contributed by atoms with Gasteiger partial charge in [0.05, 0.1) is 0 Å². The van der Waals surface area contributed by atoms with Crippen LogP contribution in [0.2, 0.25) is 0 Å². The van der Waals surface area contributed by atoms with Gasteiger partial charge in [0, 0.05) is 6.04 Å². The molecule has 2 N–H and O–H groups in total. The maximum atomic E-state index is 9.67. The molecule has 18 heavy (non-hydrogen) atoms. The maximum absolute atomic E-state index is 9.67. The van der Waals surface area contributed by atoms with Gasteiger partial charge in [0.25, 0.3) is 0 Å². The Balaban J connectivity index is 0.00000120. The fraction of sp³-hybridized carbons (Fsp3) is 0.571. The summed E-state index contributed by atoms with van der Waals surface area (Å²) < 4.78 is 0. The number of aryl methyl sites for hydroxylation is 1. The summed E-state index contributed by atoms with van der Waals surface area (Å²) in [6.07, 6.45) is 4.60. The number of phenols is 2. The highest BCUT2D eigenvalue weighted by Gasteiger charge is 2.35. The van der Waals surface area contributed by atoms with E-state index in [1.54, 1.807) is 12.1 Å². The Hall–Kier alpha value is -0.740. The first-order valence-electron chi connectivity index (χ1n) is 6.42. The van der Waals surface area contributed by atoms with Crippen molar-refractivity contribution in [2.45, 2.75) is 37.6 Å². The van der Waals surface area contributed by atoms with Crippen LogP contribution in [0.15, 0.2) is 12.1 Å². The highest BCUT2D eigenvalue weighted by molar-refractivity contribution is 8.93. The number of fused-ring (bicyclic) bond motifs is 3. The average Bonchev–Trinajstić information content (AvgIpc) is 2.31. The van der Waals surface area contributed by atoms with Crippen LogP contribution in [0.4, 0.5) is 0 Å². The van der Waals surface area contributed by atoms with Crippen LogP contribution in [0.3, 0.4) is 0 Å². The first-order valence-corrected chi connectivity index (χ1v) is 6.42. The molecule has 4 heteroatoms. The van der Waals surface area contributed by atoms with Gasteiger partial charge in [-0.25, -0.2) is 0 Å². The number of benzene rings is 1. The lowest BCUT2D eigenvalue weighted by Crippen LogP contribution is -2.43. The maximum Gasteiger partial charge on any atom is 0.157 e. The molecule has 2 aliphatic rings. The topological polar surface area (TPSA) is 43.7 Å². The minimum Gasteiger partial charge on any atom is -0.504 e. The van der Waals surface area contributed by atoms with E-state index in [2.05, 4.69) is 11.9 Å². The molecule has 0 spiro atoms. The second kappa shape index (κ2) is 5.10. The third-order valence-corrected chi connectivity index (χ3v) is 4.40. The van der Waals surface area contributed by atoms with E-state index < -0.39 is 0 Å². The second-order valence-electron chi connectivity index (χ2n) is 5.38. The van der Waals surface area contributed by atoms with Gasteiger partial charge in [-0.05, 0) is 68.5 Å². The van der Waals surface area contributed by atoms with Crippen molar-refractivity contribution in [3.05, 3.63) is 23.3 Å². The monoisotopic (exact) mass is 313 g/mol. The lowest BCUT2D eigenvalue weighted by atomic mass is 9.74. The van der Waals surface area contributed by atoms with Gasteiger partial charge in [0.15, 0.2) is 11.5 Å². The molecule has 1 fully saturated rings. The summed E-state index contributed by atoms with van der Waals surface area (Å²) in [7, 11) is 2.20. The van der Waals surface area contributed by atoms with Crippen LogP contribution in [0, 0.1) is 0 Å². The molecule has 1 saturated heterocycles. The summed E-state index contributed by atoms with van der Waals surface area (Å²) in [5.41, 5.74) is 2.47. The molecular weight excluding hydrogens is 294 g/mol. The van der Waals surface area contributed by atoms with Crippen LogP contribution in [0.5, 0.6) is 11.5 Å². The molecule has 3 rings (SSSR count). The fourth-order valence-electron chi connectivity index (χ4n) is 3.51. The molecule has 2 unspecified atom stereocenters. The van der Waals surface area contributed by atoms with Gasteiger partial charge >= 0.3 is 0 Å². The van der Waals surface area contributed by atoms with Crippen LogP contribution in [-0.2, 0) is 6.42 Å². The molecule has 0 aromatic heterocycles. The first-order chi connectivity index (χ1) is 8.16. The van der Waals surface area contributed by atoms with Crippen molar-refractivity contribution < 1.29 is 10.2 Å². The van der Waals surface area contributed by atoms with Crippen molar-refractivity contribution in [3.63, 3.8) is 0 Å². The zero-order valence-corrected chi connectivity index (χ0v) is 12.3. The molecule has 1 aromatic rings. The Morgan fingerprint density at radius 1 is 1.17 bits per heavy atom. The van der Waals surface area contributed by atoms with Crippen molar-refractivity contribution in [1.82, 2.24) is 4.90 Å². The lowest BCUT2D eigenvalue weighted by molar-refractivity contribution is 0.143. The van der Waals surface area contributed by atoms with Crippen LogP contribution in [-0.4, -0.2) is 34.7 Å². The second-order valence-corrected chi connectivity index (χ2v) is 5.38. The number of hydrogen-bond acceptors (Lipinski definition) is 3. The van der Waals surface area contributed by atoms with E-state index in [9.17, 15) is 10.2 Å². The molecule has 1 aromatic carbocycles. The quantitative estimate of drug-likeness (QED) is 0.724. The third kappa shape index (κ3) is 2.12. The van der Waals surface area contributed by atoms with Crippen LogP contribution >= 0.6 is 17.0 Å². The van der Waals surface area contributed by atoms with E-state index >= 15 is 0 Å². The molecule has 1 heterocycles. The molecule has 1 aliphatic carbocycles. The van der Waals surface area contributed by atoms with Crippen molar-refractivity contribution in [2.75, 3.05) is 13.6 Å². The highest BCUT2D eigenvalue weighted by Crippen LogP contribution is 2.43. The number of likely N-dealkylation sites (N-methyl/N-ethyl adjacent to an activating group) is 1. The predicted molar refractivity (Wildman–Crippen MR) is 76.8 cm³/mol. The molecule has 100 valence electrons. The lowest BCUT2D eigenvalue weighted by Gasteiger charge is -2.43. The summed E-state index contributed by atoms with van der Waals surface area (Å²) in [6, 6.07) is 4.14. The molecule has 1 aliphatic heterocycles. The summed E-state index contributed by atoms with van der Waals surface area (Å²) in [5.74, 6) is 0.577. The summed E-state index contributed by atoms with van der Waals surface area (Å²) in [6.45, 7) is 1.18. The summed E-state index contributed by atoms with van der Waals surface area (Å²) >= 11 is 0. The van der Waals surface area contributed by atoms with Gasteiger partial charge < -0.3 is 15.1 Å². The van der Waals surface area contributed by atoms with E-state index in [0.717, 1.165) is 6.42 Å². The average molecular weight is 314 g/mol. The zero-order chi connectivity index (χ0) is 12.0. The number of nitrogens with zero attached hydrogens (tertiary/aromatic N) is 1. The number of aromatic hydroxyl groups is 2. The molecule has 3 nitrogen and oxygen atoms in total. The Morgan fingerprint density at radius 3 is 2.67 bits per heavy atom. The molecule has 0 radical (unpaired) electrons. The largest absolute Gasteiger partial charge is 0.504 e. The van der Waals surface area contributed by atoms with Gasteiger partial charge in [-0.2, -0.15) is 0 Å². The van der Waals surface area contributed by atoms with Gasteiger partial charge in [0.2, 0.25) is 0 Å². The number of hydrogen-bond donors (Lipinski definition) is 2. The normalized spacial score (nSPS) is 26.9. The van der Waals surface area contributed by atoms with Crippen LogP contribution in [0.25, 0.3) is 0 Å². The van der Waals surface area contributed by atoms with E-state index in [1.807, 2.05) is 0 Å². The smallest absolute Gasteiger partial charge is 0.157 e. The molecule has 0 bridgehead atoms. The van der Waals surface area contributed by atoms with Gasteiger partial charge in [-0.3, -0.25) is 0 Å². The van der Waals surface area contributed by atoms with Gasteiger partial charge in [0.1, 0.15) is 0 Å².